The van der Waals surface area contributed by atoms with Crippen LogP contribution >= 0.6 is 0 Å². The highest BCUT2D eigenvalue weighted by atomic mass is 14.8. The van der Waals surface area contributed by atoms with Crippen molar-refractivity contribution in [1.29, 1.82) is 0 Å². The van der Waals surface area contributed by atoms with E-state index in [1.54, 1.807) is 5.57 Å². The highest BCUT2D eigenvalue weighted by Gasteiger charge is 2.74. The molecule has 4 aliphatic carbocycles. The molecule has 0 aliphatic heterocycles. The Morgan fingerprint density at radius 3 is 2.04 bits per heavy atom. The second-order valence-corrected chi connectivity index (χ2v) is 10.7. The molecule has 0 nitrogen and oxygen atoms in total. The highest BCUT2D eigenvalue weighted by Crippen LogP contribution is 2.82. The van der Waals surface area contributed by atoms with Crippen molar-refractivity contribution < 1.29 is 0 Å². The molecule has 0 radical (unpaired) electrons. The van der Waals surface area contributed by atoms with Gasteiger partial charge in [-0.1, -0.05) is 82.7 Å². The van der Waals surface area contributed by atoms with E-state index in [0.29, 0.717) is 5.41 Å². The van der Waals surface area contributed by atoms with Crippen LogP contribution in [0.4, 0.5) is 0 Å². The molecule has 0 spiro atoms. The third-order valence-corrected chi connectivity index (χ3v) is 10.6. The zero-order valence-electron chi connectivity index (χ0n) is 17.1. The number of allylic oxidation sites excluding steroid dienone is 5. The van der Waals surface area contributed by atoms with Crippen molar-refractivity contribution in [2.75, 3.05) is 0 Å². The number of hydrogen-bond donors (Lipinski definition) is 0. The van der Waals surface area contributed by atoms with Crippen LogP contribution in [-0.2, 0) is 0 Å². The van der Waals surface area contributed by atoms with Gasteiger partial charge in [-0.3, -0.25) is 0 Å². The van der Waals surface area contributed by atoms with E-state index in [9.17, 15) is 0 Å². The fraction of sp³-hybridized carbons (Fsp3) is 0.680. The normalized spacial score (nSPS) is 52.4. The molecule has 0 saturated heterocycles. The standard InChI is InChI=1S/C25H36/c1-17-9-12-21(4)20(15-17)11-14-24(7)23(6)13-10-18(2)22(23,5)16-19(3)25(21,24)8/h15H,1-3,9-14,16H2,4-8H3. The molecule has 5 atom stereocenters. The van der Waals surface area contributed by atoms with Crippen LogP contribution in [-0.4, -0.2) is 0 Å². The minimum absolute atomic E-state index is 0.156. The molecule has 4 aliphatic rings. The molecule has 4 rings (SSSR count). The van der Waals surface area contributed by atoms with Gasteiger partial charge in [-0.25, -0.2) is 0 Å². The van der Waals surface area contributed by atoms with Crippen molar-refractivity contribution in [2.45, 2.75) is 79.6 Å². The van der Waals surface area contributed by atoms with Gasteiger partial charge in [0.15, 0.2) is 0 Å². The van der Waals surface area contributed by atoms with E-state index in [-0.39, 0.29) is 21.7 Å². The summed E-state index contributed by atoms with van der Waals surface area (Å²) in [6.45, 7) is 26.4. The van der Waals surface area contributed by atoms with E-state index in [1.807, 2.05) is 0 Å². The molecule has 136 valence electrons. The largest absolute Gasteiger partial charge is 0.0993 e. The molecule has 0 bridgehead atoms. The van der Waals surface area contributed by atoms with Gasteiger partial charge in [-0.15, -0.1) is 0 Å². The van der Waals surface area contributed by atoms with Crippen LogP contribution in [0.3, 0.4) is 0 Å². The second-order valence-electron chi connectivity index (χ2n) is 10.7. The molecule has 0 amide bonds. The lowest BCUT2D eigenvalue weighted by atomic mass is 9.30. The smallest absolute Gasteiger partial charge is 0.00317 e. The lowest BCUT2D eigenvalue weighted by molar-refractivity contribution is -0.181. The first-order valence-corrected chi connectivity index (χ1v) is 10.2. The predicted molar refractivity (Wildman–Crippen MR) is 108 cm³/mol. The summed E-state index contributed by atoms with van der Waals surface area (Å²) in [4.78, 5) is 0. The van der Waals surface area contributed by atoms with Gasteiger partial charge in [0.1, 0.15) is 0 Å². The molecular formula is C25H36. The fourth-order valence-corrected chi connectivity index (χ4v) is 7.97. The molecule has 3 saturated carbocycles. The van der Waals surface area contributed by atoms with Crippen LogP contribution in [0.5, 0.6) is 0 Å². The van der Waals surface area contributed by atoms with Gasteiger partial charge in [0.25, 0.3) is 0 Å². The molecular weight excluding hydrogens is 300 g/mol. The predicted octanol–water partition coefficient (Wildman–Crippen LogP) is 7.40. The maximum Gasteiger partial charge on any atom is 0.00317 e. The minimum Gasteiger partial charge on any atom is -0.0993 e. The summed E-state index contributed by atoms with van der Waals surface area (Å²) in [6, 6.07) is 0. The van der Waals surface area contributed by atoms with Crippen LogP contribution < -0.4 is 0 Å². The second kappa shape index (κ2) is 4.62. The van der Waals surface area contributed by atoms with Gasteiger partial charge in [0.05, 0.1) is 0 Å². The lowest BCUT2D eigenvalue weighted by Crippen LogP contribution is -2.66. The van der Waals surface area contributed by atoms with Crippen molar-refractivity contribution in [3.05, 3.63) is 48.1 Å². The number of rotatable bonds is 0. The van der Waals surface area contributed by atoms with Crippen molar-refractivity contribution in [3.63, 3.8) is 0 Å². The zero-order chi connectivity index (χ0) is 18.5. The van der Waals surface area contributed by atoms with Crippen molar-refractivity contribution in [2.24, 2.45) is 27.1 Å². The molecule has 0 aromatic rings. The van der Waals surface area contributed by atoms with Gasteiger partial charge in [0, 0.05) is 5.41 Å². The zero-order valence-corrected chi connectivity index (χ0v) is 17.1. The van der Waals surface area contributed by atoms with E-state index in [2.05, 4.69) is 53.9 Å². The van der Waals surface area contributed by atoms with E-state index in [1.165, 1.54) is 48.8 Å². The Labute approximate surface area is 155 Å². The van der Waals surface area contributed by atoms with Crippen LogP contribution in [0.15, 0.2) is 48.1 Å². The number of hydrogen-bond acceptors (Lipinski definition) is 0. The SMILES string of the molecule is C=C1C=C2CCC3(C)C4(C)CCC(=C)C4(C)CC(=C)C3(C)C2(C)CC1. The van der Waals surface area contributed by atoms with Gasteiger partial charge in [0.2, 0.25) is 0 Å². The first kappa shape index (κ1) is 17.4. The summed E-state index contributed by atoms with van der Waals surface area (Å²) in [5, 5.41) is 0. The fourth-order valence-electron chi connectivity index (χ4n) is 7.97. The van der Waals surface area contributed by atoms with E-state index in [4.69, 9.17) is 6.58 Å². The van der Waals surface area contributed by atoms with E-state index < -0.39 is 0 Å². The third-order valence-electron chi connectivity index (χ3n) is 10.6. The Morgan fingerprint density at radius 1 is 0.720 bits per heavy atom. The first-order valence-electron chi connectivity index (χ1n) is 10.2. The van der Waals surface area contributed by atoms with E-state index >= 15 is 0 Å². The molecule has 25 heavy (non-hydrogen) atoms. The summed E-state index contributed by atoms with van der Waals surface area (Å²) >= 11 is 0. The molecule has 5 unspecified atom stereocenters. The van der Waals surface area contributed by atoms with Gasteiger partial charge < -0.3 is 0 Å². The quantitative estimate of drug-likeness (QED) is 0.404. The van der Waals surface area contributed by atoms with Crippen LogP contribution in [0.1, 0.15) is 79.6 Å². The topological polar surface area (TPSA) is 0 Å². The Hall–Kier alpha value is -1.04. The first-order chi connectivity index (χ1) is 11.5. The minimum atomic E-state index is 0.156. The van der Waals surface area contributed by atoms with Crippen LogP contribution in [0, 0.1) is 27.1 Å². The molecule has 0 aromatic carbocycles. The van der Waals surface area contributed by atoms with Crippen molar-refractivity contribution in [1.82, 2.24) is 0 Å². The lowest BCUT2D eigenvalue weighted by Gasteiger charge is -2.74. The Balaban J connectivity index is 1.97. The Kier molecular flexibility index (Phi) is 3.21. The van der Waals surface area contributed by atoms with Crippen LogP contribution in [0.25, 0.3) is 0 Å². The molecule has 0 aromatic heterocycles. The molecule has 0 heterocycles. The summed E-state index contributed by atoms with van der Waals surface area (Å²) in [7, 11) is 0. The van der Waals surface area contributed by atoms with Crippen molar-refractivity contribution >= 4 is 0 Å². The average molecular weight is 337 g/mol. The van der Waals surface area contributed by atoms with Gasteiger partial charge in [-0.05, 0) is 66.6 Å². The molecule has 0 heteroatoms. The maximum atomic E-state index is 4.75. The van der Waals surface area contributed by atoms with Crippen molar-refractivity contribution in [3.8, 4) is 0 Å². The molecule has 0 N–H and O–H groups in total. The Bertz CT molecular complexity index is 735. The maximum absolute atomic E-state index is 4.75. The monoisotopic (exact) mass is 336 g/mol. The third kappa shape index (κ3) is 1.58. The van der Waals surface area contributed by atoms with Crippen LogP contribution in [0.2, 0.25) is 0 Å². The number of fused-ring (bicyclic) bond motifs is 5. The Morgan fingerprint density at radius 2 is 1.36 bits per heavy atom. The molecule has 3 fully saturated rings. The summed E-state index contributed by atoms with van der Waals surface area (Å²) in [6.07, 6.45) is 10.9. The summed E-state index contributed by atoms with van der Waals surface area (Å²) < 4.78 is 0. The summed E-state index contributed by atoms with van der Waals surface area (Å²) in [5.41, 5.74) is 7.12. The van der Waals surface area contributed by atoms with Gasteiger partial charge in [-0.2, -0.15) is 0 Å². The average Bonchev–Trinajstić information content (AvgIpc) is 2.78. The van der Waals surface area contributed by atoms with Gasteiger partial charge >= 0.3 is 0 Å². The summed E-state index contributed by atoms with van der Waals surface area (Å²) in [5.74, 6) is 0. The van der Waals surface area contributed by atoms with E-state index in [0.717, 1.165) is 12.8 Å². The highest BCUT2D eigenvalue weighted by molar-refractivity contribution is 5.45.